The molecule has 0 saturated carbocycles. The second kappa shape index (κ2) is 5.16. The van der Waals surface area contributed by atoms with Crippen LogP contribution in [-0.2, 0) is 5.41 Å². The number of nitrogens with zero attached hydrogens (tertiary/aromatic N) is 2. The molecule has 3 nitrogen and oxygen atoms in total. The molecule has 0 bridgehead atoms. The Balaban J connectivity index is 2.28. The molecule has 1 aromatic heterocycles. The first kappa shape index (κ1) is 13.2. The van der Waals surface area contributed by atoms with Gasteiger partial charge in [0.2, 0.25) is 0 Å². The van der Waals surface area contributed by atoms with Crippen molar-refractivity contribution in [1.82, 2.24) is 14.9 Å². The van der Waals surface area contributed by atoms with Crippen LogP contribution in [0.4, 0.5) is 0 Å². The number of benzene rings is 1. The number of hydrogen-bond donors (Lipinski definition) is 1. The van der Waals surface area contributed by atoms with Gasteiger partial charge >= 0.3 is 0 Å². The summed E-state index contributed by atoms with van der Waals surface area (Å²) in [6.07, 6.45) is 0. The quantitative estimate of drug-likeness (QED) is 0.922. The molecule has 1 unspecified atom stereocenters. The average Bonchev–Trinajstić information content (AvgIpc) is 2.83. The molecule has 2 rings (SSSR count). The minimum Gasteiger partial charge on any atom is -0.308 e. The summed E-state index contributed by atoms with van der Waals surface area (Å²) < 4.78 is 3.93. The van der Waals surface area contributed by atoms with E-state index in [1.165, 1.54) is 22.7 Å². The van der Waals surface area contributed by atoms with E-state index in [1.54, 1.807) is 0 Å². The monoisotopic (exact) mass is 261 g/mol. The predicted octanol–water partition coefficient (Wildman–Crippen LogP) is 3.14. The lowest BCUT2D eigenvalue weighted by Crippen LogP contribution is -2.18. The molecule has 0 amide bonds. The van der Waals surface area contributed by atoms with Gasteiger partial charge in [-0.25, -0.2) is 0 Å². The van der Waals surface area contributed by atoms with Crippen molar-refractivity contribution < 1.29 is 0 Å². The Kier molecular flexibility index (Phi) is 3.78. The number of aromatic nitrogens is 2. The van der Waals surface area contributed by atoms with Crippen molar-refractivity contribution in [1.29, 1.82) is 0 Å². The minimum absolute atomic E-state index is 0.123. The number of nitrogens with one attached hydrogen (secondary N) is 1. The SMILES string of the molecule is CNC(c1ccc(C(C)(C)C)cc1)c1csnn1. The highest BCUT2D eigenvalue weighted by atomic mass is 32.1. The maximum atomic E-state index is 4.14. The van der Waals surface area contributed by atoms with E-state index < -0.39 is 0 Å². The van der Waals surface area contributed by atoms with Gasteiger partial charge in [0.15, 0.2) is 0 Å². The number of hydrogen-bond acceptors (Lipinski definition) is 4. The zero-order chi connectivity index (χ0) is 13.2. The fourth-order valence-electron chi connectivity index (χ4n) is 1.96. The third-order valence-corrected chi connectivity index (χ3v) is 3.59. The molecule has 96 valence electrons. The van der Waals surface area contributed by atoms with E-state index in [0.29, 0.717) is 0 Å². The van der Waals surface area contributed by atoms with Gasteiger partial charge in [-0.15, -0.1) is 5.10 Å². The van der Waals surface area contributed by atoms with Crippen LogP contribution in [0.15, 0.2) is 29.6 Å². The zero-order valence-electron chi connectivity index (χ0n) is 11.3. The first-order chi connectivity index (χ1) is 8.52. The normalized spacial score (nSPS) is 13.6. The Bertz CT molecular complexity index is 483. The second-order valence-corrected chi connectivity index (χ2v) is 6.03. The van der Waals surface area contributed by atoms with Crippen LogP contribution in [0.25, 0.3) is 0 Å². The van der Waals surface area contributed by atoms with Crippen LogP contribution >= 0.6 is 11.5 Å². The third kappa shape index (κ3) is 2.76. The fraction of sp³-hybridized carbons (Fsp3) is 0.429. The van der Waals surface area contributed by atoms with E-state index in [-0.39, 0.29) is 11.5 Å². The van der Waals surface area contributed by atoms with Crippen LogP contribution in [0, 0.1) is 0 Å². The topological polar surface area (TPSA) is 37.8 Å². The summed E-state index contributed by atoms with van der Waals surface area (Å²) in [4.78, 5) is 0. The molecule has 1 N–H and O–H groups in total. The Labute approximate surface area is 112 Å². The molecule has 2 aromatic rings. The molecule has 0 fully saturated rings. The minimum atomic E-state index is 0.123. The lowest BCUT2D eigenvalue weighted by Gasteiger charge is -2.20. The second-order valence-electron chi connectivity index (χ2n) is 5.42. The molecule has 4 heteroatoms. The van der Waals surface area contributed by atoms with Gasteiger partial charge in [-0.3, -0.25) is 0 Å². The van der Waals surface area contributed by atoms with Crippen LogP contribution in [0.1, 0.15) is 43.6 Å². The van der Waals surface area contributed by atoms with E-state index >= 15 is 0 Å². The standard InChI is InChI=1S/C14H19N3S/c1-14(2,3)11-7-5-10(6-8-11)13(15-4)12-9-18-17-16-12/h5-9,13,15H,1-4H3. The fourth-order valence-corrected chi connectivity index (χ4v) is 2.44. The molecule has 1 aromatic carbocycles. The zero-order valence-corrected chi connectivity index (χ0v) is 12.1. The first-order valence-electron chi connectivity index (χ1n) is 6.07. The van der Waals surface area contributed by atoms with Gasteiger partial charge in [0.25, 0.3) is 0 Å². The van der Waals surface area contributed by atoms with Gasteiger partial charge in [-0.2, -0.15) is 0 Å². The van der Waals surface area contributed by atoms with Gasteiger partial charge in [-0.05, 0) is 35.1 Å². The van der Waals surface area contributed by atoms with E-state index in [0.717, 1.165) is 5.69 Å². The molecule has 0 aliphatic carbocycles. The van der Waals surface area contributed by atoms with Gasteiger partial charge < -0.3 is 5.32 Å². The highest BCUT2D eigenvalue weighted by molar-refractivity contribution is 7.03. The Morgan fingerprint density at radius 2 is 1.83 bits per heavy atom. The molecule has 0 spiro atoms. The largest absolute Gasteiger partial charge is 0.308 e. The maximum Gasteiger partial charge on any atom is 0.0970 e. The Morgan fingerprint density at radius 1 is 1.17 bits per heavy atom. The van der Waals surface area contributed by atoms with E-state index in [2.05, 4.69) is 59.9 Å². The lowest BCUT2D eigenvalue weighted by molar-refractivity contribution is 0.588. The van der Waals surface area contributed by atoms with Crippen molar-refractivity contribution in [2.45, 2.75) is 32.2 Å². The molecule has 0 aliphatic rings. The van der Waals surface area contributed by atoms with Gasteiger partial charge in [0.1, 0.15) is 0 Å². The molecule has 0 aliphatic heterocycles. The summed E-state index contributed by atoms with van der Waals surface area (Å²) in [5.41, 5.74) is 3.73. The lowest BCUT2D eigenvalue weighted by atomic mass is 9.86. The summed E-state index contributed by atoms with van der Waals surface area (Å²) in [6, 6.07) is 8.85. The van der Waals surface area contributed by atoms with Crippen molar-refractivity contribution >= 4 is 11.5 Å². The van der Waals surface area contributed by atoms with Crippen molar-refractivity contribution in [2.75, 3.05) is 7.05 Å². The van der Waals surface area contributed by atoms with Crippen LogP contribution in [0.2, 0.25) is 0 Å². The van der Waals surface area contributed by atoms with Gasteiger partial charge in [-0.1, -0.05) is 49.5 Å². The summed E-state index contributed by atoms with van der Waals surface area (Å²) in [5, 5.41) is 9.41. The molecule has 18 heavy (non-hydrogen) atoms. The molecular formula is C14H19N3S. The summed E-state index contributed by atoms with van der Waals surface area (Å²) in [7, 11) is 1.95. The predicted molar refractivity (Wildman–Crippen MR) is 76.0 cm³/mol. The van der Waals surface area contributed by atoms with Crippen molar-refractivity contribution in [3.63, 3.8) is 0 Å². The van der Waals surface area contributed by atoms with Crippen LogP contribution in [-0.4, -0.2) is 16.6 Å². The van der Waals surface area contributed by atoms with E-state index in [4.69, 9.17) is 0 Å². The van der Waals surface area contributed by atoms with Crippen molar-refractivity contribution in [3.8, 4) is 0 Å². The summed E-state index contributed by atoms with van der Waals surface area (Å²) in [6.45, 7) is 6.67. The third-order valence-electron chi connectivity index (χ3n) is 3.07. The van der Waals surface area contributed by atoms with Crippen molar-refractivity contribution in [2.24, 2.45) is 0 Å². The van der Waals surface area contributed by atoms with Gasteiger partial charge in [0.05, 0.1) is 11.7 Å². The maximum absolute atomic E-state index is 4.14. The van der Waals surface area contributed by atoms with Crippen LogP contribution in [0.3, 0.4) is 0 Å². The highest BCUT2D eigenvalue weighted by Crippen LogP contribution is 2.26. The molecule has 0 radical (unpaired) electrons. The number of rotatable bonds is 3. The van der Waals surface area contributed by atoms with E-state index in [9.17, 15) is 0 Å². The molecule has 1 atom stereocenters. The average molecular weight is 261 g/mol. The van der Waals surface area contributed by atoms with Crippen LogP contribution in [0.5, 0.6) is 0 Å². The Hall–Kier alpha value is -1.26. The smallest absolute Gasteiger partial charge is 0.0970 e. The first-order valence-corrected chi connectivity index (χ1v) is 6.90. The Morgan fingerprint density at radius 3 is 2.28 bits per heavy atom. The molecule has 1 heterocycles. The highest BCUT2D eigenvalue weighted by Gasteiger charge is 2.17. The van der Waals surface area contributed by atoms with Crippen LogP contribution < -0.4 is 5.32 Å². The van der Waals surface area contributed by atoms with Gasteiger partial charge in [0, 0.05) is 5.38 Å². The van der Waals surface area contributed by atoms with Crippen molar-refractivity contribution in [3.05, 3.63) is 46.5 Å². The summed E-state index contributed by atoms with van der Waals surface area (Å²) >= 11 is 1.38. The molecule has 0 saturated heterocycles. The molecular weight excluding hydrogens is 242 g/mol. The van der Waals surface area contributed by atoms with E-state index in [1.807, 2.05) is 12.4 Å². The summed E-state index contributed by atoms with van der Waals surface area (Å²) in [5.74, 6) is 0.